The van der Waals surface area contributed by atoms with Gasteiger partial charge >= 0.3 is 0 Å². The standard InChI is InChI=1S/C12H14N2O3/c1-13-6-8-4-3-7-5-9(15)11(17-2)10(12(13)16)14(7)8/h5,8H,3-4,6H2,1-2H3. The molecule has 2 aliphatic heterocycles. The van der Waals surface area contributed by atoms with Crippen molar-refractivity contribution in [1.82, 2.24) is 9.47 Å². The molecule has 0 fully saturated rings. The van der Waals surface area contributed by atoms with Gasteiger partial charge in [-0.3, -0.25) is 9.59 Å². The van der Waals surface area contributed by atoms with Crippen LogP contribution in [-0.2, 0) is 6.42 Å². The maximum Gasteiger partial charge on any atom is 0.274 e. The first kappa shape index (κ1) is 10.4. The van der Waals surface area contributed by atoms with Gasteiger partial charge < -0.3 is 14.2 Å². The number of amides is 1. The normalized spacial score (nSPS) is 21.6. The SMILES string of the molecule is COc1c2n3c(cc1=O)CCC3CN(C)C2=O. The van der Waals surface area contributed by atoms with Gasteiger partial charge in [0.05, 0.1) is 13.2 Å². The van der Waals surface area contributed by atoms with Crippen LogP contribution in [0.4, 0.5) is 0 Å². The Labute approximate surface area is 98.6 Å². The van der Waals surface area contributed by atoms with Crippen molar-refractivity contribution in [1.29, 1.82) is 0 Å². The van der Waals surface area contributed by atoms with E-state index in [1.165, 1.54) is 7.11 Å². The van der Waals surface area contributed by atoms with Crippen LogP contribution in [0.3, 0.4) is 0 Å². The van der Waals surface area contributed by atoms with E-state index in [9.17, 15) is 9.59 Å². The van der Waals surface area contributed by atoms with Gasteiger partial charge in [0, 0.05) is 25.4 Å². The van der Waals surface area contributed by atoms with Crippen LogP contribution >= 0.6 is 0 Å². The molecule has 0 spiro atoms. The number of hydrogen-bond acceptors (Lipinski definition) is 3. The Hall–Kier alpha value is -1.78. The molecule has 1 atom stereocenters. The highest BCUT2D eigenvalue weighted by Crippen LogP contribution is 2.34. The number of likely N-dealkylation sites (N-methyl/N-ethyl adjacent to an activating group) is 1. The van der Waals surface area contributed by atoms with Gasteiger partial charge in [-0.15, -0.1) is 0 Å². The quantitative estimate of drug-likeness (QED) is 0.708. The topological polar surface area (TPSA) is 51.5 Å². The minimum atomic E-state index is -0.196. The number of ether oxygens (including phenoxy) is 1. The lowest BCUT2D eigenvalue weighted by Crippen LogP contribution is -2.41. The van der Waals surface area contributed by atoms with E-state index in [1.54, 1.807) is 18.0 Å². The molecule has 0 aromatic carbocycles. The van der Waals surface area contributed by atoms with Crippen LogP contribution in [0, 0.1) is 0 Å². The molecule has 2 aliphatic rings. The molecule has 3 rings (SSSR count). The maximum atomic E-state index is 12.2. The molecular formula is C12H14N2O3. The number of carbonyl (C=O) groups excluding carboxylic acids is 1. The summed E-state index contributed by atoms with van der Waals surface area (Å²) in [6, 6.07) is 1.89. The molecule has 5 heteroatoms. The van der Waals surface area contributed by atoms with Crippen LogP contribution < -0.4 is 10.2 Å². The smallest absolute Gasteiger partial charge is 0.274 e. The molecule has 0 N–H and O–H groups in total. The number of pyridine rings is 1. The third kappa shape index (κ3) is 1.25. The molecule has 1 amide bonds. The Morgan fingerprint density at radius 2 is 2.18 bits per heavy atom. The zero-order valence-corrected chi connectivity index (χ0v) is 9.90. The Morgan fingerprint density at radius 1 is 1.41 bits per heavy atom. The van der Waals surface area contributed by atoms with Gasteiger partial charge in [-0.05, 0) is 12.8 Å². The van der Waals surface area contributed by atoms with E-state index in [0.29, 0.717) is 12.2 Å². The number of aryl methyl sites for hydroxylation is 1. The summed E-state index contributed by atoms with van der Waals surface area (Å²) >= 11 is 0. The van der Waals surface area contributed by atoms with Gasteiger partial charge in [0.2, 0.25) is 5.43 Å². The first-order valence-corrected chi connectivity index (χ1v) is 5.71. The summed E-state index contributed by atoms with van der Waals surface area (Å²) < 4.78 is 7.10. The molecule has 90 valence electrons. The van der Waals surface area contributed by atoms with Crippen LogP contribution in [0.1, 0.15) is 28.6 Å². The molecule has 0 bridgehead atoms. The molecule has 1 aromatic rings. The second-order valence-corrected chi connectivity index (χ2v) is 4.63. The molecule has 3 heterocycles. The van der Waals surface area contributed by atoms with Gasteiger partial charge in [0.25, 0.3) is 5.91 Å². The molecule has 0 radical (unpaired) electrons. The van der Waals surface area contributed by atoms with Crippen molar-refractivity contribution in [3.05, 3.63) is 27.7 Å². The third-order valence-electron chi connectivity index (χ3n) is 3.62. The number of nitrogens with zero attached hydrogens (tertiary/aromatic N) is 2. The summed E-state index contributed by atoms with van der Waals surface area (Å²) in [6.07, 6.45) is 1.84. The predicted molar refractivity (Wildman–Crippen MR) is 61.6 cm³/mol. The number of aromatic nitrogens is 1. The summed E-state index contributed by atoms with van der Waals surface area (Å²) in [7, 11) is 3.20. The highest BCUT2D eigenvalue weighted by atomic mass is 16.5. The lowest BCUT2D eigenvalue weighted by atomic mass is 10.1. The number of hydrogen-bond donors (Lipinski definition) is 0. The lowest BCUT2D eigenvalue weighted by Gasteiger charge is -2.32. The van der Waals surface area contributed by atoms with E-state index in [4.69, 9.17) is 4.74 Å². The molecular weight excluding hydrogens is 220 g/mol. The molecule has 5 nitrogen and oxygen atoms in total. The average Bonchev–Trinajstić information content (AvgIpc) is 2.68. The van der Waals surface area contributed by atoms with Gasteiger partial charge in [-0.25, -0.2) is 0 Å². The molecule has 0 saturated heterocycles. The van der Waals surface area contributed by atoms with E-state index >= 15 is 0 Å². The van der Waals surface area contributed by atoms with Crippen molar-refractivity contribution in [3.8, 4) is 5.75 Å². The van der Waals surface area contributed by atoms with Gasteiger partial charge in [-0.1, -0.05) is 0 Å². The van der Waals surface area contributed by atoms with Crippen LogP contribution in [0.25, 0.3) is 0 Å². The van der Waals surface area contributed by atoms with Crippen molar-refractivity contribution < 1.29 is 9.53 Å². The fraction of sp³-hybridized carbons (Fsp3) is 0.500. The Balaban J connectivity index is 2.35. The third-order valence-corrected chi connectivity index (χ3v) is 3.62. The van der Waals surface area contributed by atoms with Gasteiger partial charge in [0.1, 0.15) is 0 Å². The largest absolute Gasteiger partial charge is 0.491 e. The first-order chi connectivity index (χ1) is 8.13. The van der Waals surface area contributed by atoms with Crippen LogP contribution in [0.2, 0.25) is 0 Å². The zero-order chi connectivity index (χ0) is 12.2. The lowest BCUT2D eigenvalue weighted by molar-refractivity contribution is 0.0715. The summed E-state index contributed by atoms with van der Waals surface area (Å²) in [5.41, 5.74) is 1.18. The minimum Gasteiger partial charge on any atom is -0.491 e. The minimum absolute atomic E-state index is 0.126. The van der Waals surface area contributed by atoms with Crippen LogP contribution in [-0.4, -0.2) is 36.1 Å². The Kier molecular flexibility index (Phi) is 2.05. The highest BCUT2D eigenvalue weighted by molar-refractivity contribution is 5.96. The average molecular weight is 234 g/mol. The van der Waals surface area contributed by atoms with Crippen LogP contribution in [0.15, 0.2) is 10.9 Å². The molecule has 0 saturated carbocycles. The molecule has 1 aromatic heterocycles. The fourth-order valence-electron chi connectivity index (χ4n) is 2.86. The second kappa shape index (κ2) is 3.35. The number of carbonyl (C=O) groups is 1. The van der Waals surface area contributed by atoms with Crippen LogP contribution in [0.5, 0.6) is 5.75 Å². The van der Waals surface area contributed by atoms with E-state index in [1.807, 2.05) is 4.57 Å². The van der Waals surface area contributed by atoms with E-state index in [0.717, 1.165) is 18.5 Å². The number of methoxy groups -OCH3 is 1. The summed E-state index contributed by atoms with van der Waals surface area (Å²) in [5, 5.41) is 0. The van der Waals surface area contributed by atoms with E-state index in [-0.39, 0.29) is 23.1 Å². The van der Waals surface area contributed by atoms with E-state index in [2.05, 4.69) is 0 Å². The Morgan fingerprint density at radius 3 is 2.88 bits per heavy atom. The summed E-state index contributed by atoms with van der Waals surface area (Å²) in [4.78, 5) is 25.7. The Bertz CT molecular complexity index is 562. The highest BCUT2D eigenvalue weighted by Gasteiger charge is 2.36. The monoisotopic (exact) mass is 234 g/mol. The van der Waals surface area contributed by atoms with Crippen molar-refractivity contribution in [2.24, 2.45) is 0 Å². The first-order valence-electron chi connectivity index (χ1n) is 5.71. The predicted octanol–water partition coefficient (Wildman–Crippen LogP) is 0.430. The van der Waals surface area contributed by atoms with Crippen molar-refractivity contribution >= 4 is 5.91 Å². The number of rotatable bonds is 1. The fourth-order valence-corrected chi connectivity index (χ4v) is 2.86. The molecule has 1 unspecified atom stereocenters. The van der Waals surface area contributed by atoms with E-state index < -0.39 is 0 Å². The van der Waals surface area contributed by atoms with Crippen molar-refractivity contribution in [3.63, 3.8) is 0 Å². The van der Waals surface area contributed by atoms with Gasteiger partial charge in [0.15, 0.2) is 11.4 Å². The summed E-state index contributed by atoms with van der Waals surface area (Å²) in [6.45, 7) is 0.713. The maximum absolute atomic E-state index is 12.2. The molecule has 17 heavy (non-hydrogen) atoms. The van der Waals surface area contributed by atoms with Gasteiger partial charge in [-0.2, -0.15) is 0 Å². The second-order valence-electron chi connectivity index (χ2n) is 4.63. The zero-order valence-electron chi connectivity index (χ0n) is 9.90. The molecule has 0 aliphatic carbocycles. The van der Waals surface area contributed by atoms with Crippen molar-refractivity contribution in [2.45, 2.75) is 18.9 Å². The summed E-state index contributed by atoms with van der Waals surface area (Å²) in [5.74, 6) is 0.0520. The van der Waals surface area contributed by atoms with Crippen molar-refractivity contribution in [2.75, 3.05) is 20.7 Å².